The fourth-order valence-corrected chi connectivity index (χ4v) is 7.39. The van der Waals surface area contributed by atoms with Gasteiger partial charge in [-0.15, -0.1) is 0 Å². The smallest absolute Gasteiger partial charge is 0.344 e. The normalized spacial score (nSPS) is 18.1. The lowest BCUT2D eigenvalue weighted by molar-refractivity contribution is -0.157. The van der Waals surface area contributed by atoms with Crippen molar-refractivity contribution < 1.29 is 31.1 Å². The van der Waals surface area contributed by atoms with E-state index in [1.165, 1.54) is 30.3 Å². The number of esters is 1. The average molecular weight is 439 g/mol. The van der Waals surface area contributed by atoms with Gasteiger partial charge in [-0.25, -0.2) is 21.6 Å². The van der Waals surface area contributed by atoms with Crippen LogP contribution in [0.25, 0.3) is 0 Å². The van der Waals surface area contributed by atoms with E-state index in [-0.39, 0.29) is 27.7 Å². The van der Waals surface area contributed by atoms with E-state index >= 15 is 0 Å². The second-order valence-electron chi connectivity index (χ2n) is 7.70. The minimum absolute atomic E-state index is 0.0355. The molecule has 1 unspecified atom stereocenters. The quantitative estimate of drug-likeness (QED) is 0.661. The Bertz CT molecular complexity index is 1130. The van der Waals surface area contributed by atoms with E-state index in [2.05, 4.69) is 0 Å². The molecule has 0 spiro atoms. The Kier molecular flexibility index (Phi) is 5.48. The molecule has 0 saturated carbocycles. The summed E-state index contributed by atoms with van der Waals surface area (Å²) in [6, 6.07) is 11.8. The van der Waals surface area contributed by atoms with E-state index in [0.717, 1.165) is 0 Å². The van der Waals surface area contributed by atoms with Crippen LogP contribution in [0.2, 0.25) is 0 Å². The van der Waals surface area contributed by atoms with E-state index in [1.807, 2.05) is 0 Å². The van der Waals surface area contributed by atoms with Gasteiger partial charge in [0.15, 0.2) is 26.3 Å². The summed E-state index contributed by atoms with van der Waals surface area (Å²) >= 11 is 0. The van der Waals surface area contributed by atoms with Gasteiger partial charge < -0.3 is 9.47 Å². The van der Waals surface area contributed by atoms with Gasteiger partial charge in [0.2, 0.25) is 0 Å². The molecule has 1 heterocycles. The first-order chi connectivity index (χ1) is 13.4. The van der Waals surface area contributed by atoms with Crippen LogP contribution in [-0.4, -0.2) is 40.8 Å². The molecule has 3 rings (SSSR count). The van der Waals surface area contributed by atoms with Crippen molar-refractivity contribution in [3.63, 3.8) is 0 Å². The molecule has 1 aliphatic rings. The molecule has 0 aromatic heterocycles. The number of ether oxygens (including phenoxy) is 2. The van der Waals surface area contributed by atoms with Crippen molar-refractivity contribution in [3.8, 4) is 5.75 Å². The van der Waals surface area contributed by atoms with Crippen molar-refractivity contribution in [1.82, 2.24) is 0 Å². The largest absolute Gasteiger partial charge is 0.482 e. The van der Waals surface area contributed by atoms with Crippen LogP contribution in [-0.2, 0) is 29.2 Å². The first-order valence-corrected chi connectivity index (χ1v) is 12.1. The Labute approximate surface area is 170 Å². The molecule has 1 aliphatic heterocycles. The van der Waals surface area contributed by atoms with Gasteiger partial charge in [-0.2, -0.15) is 0 Å². The van der Waals surface area contributed by atoms with Crippen LogP contribution < -0.4 is 4.74 Å². The van der Waals surface area contributed by atoms with Gasteiger partial charge >= 0.3 is 5.97 Å². The fourth-order valence-electron chi connectivity index (χ4n) is 3.07. The predicted molar refractivity (Wildman–Crippen MR) is 106 cm³/mol. The molecule has 2 aromatic rings. The lowest BCUT2D eigenvalue weighted by Crippen LogP contribution is -2.27. The molecule has 1 atom stereocenters. The zero-order valence-electron chi connectivity index (χ0n) is 16.3. The van der Waals surface area contributed by atoms with Gasteiger partial charge in [0, 0.05) is 0 Å². The Hall–Kier alpha value is -2.39. The van der Waals surface area contributed by atoms with Gasteiger partial charge in [0.05, 0.1) is 15.5 Å². The summed E-state index contributed by atoms with van der Waals surface area (Å²) in [7, 11) is -7.67. The molecule has 0 fully saturated rings. The Morgan fingerprint density at radius 2 is 1.76 bits per heavy atom. The van der Waals surface area contributed by atoms with Crippen LogP contribution in [0.1, 0.15) is 31.6 Å². The molecule has 9 heteroatoms. The summed E-state index contributed by atoms with van der Waals surface area (Å²) in [6.07, 6.45) is 0. The molecule has 2 aromatic carbocycles. The van der Waals surface area contributed by atoms with Gasteiger partial charge in [0.1, 0.15) is 16.6 Å². The first-order valence-electron chi connectivity index (χ1n) is 8.90. The minimum atomic E-state index is -3.92. The highest BCUT2D eigenvalue weighted by Crippen LogP contribution is 2.42. The molecule has 0 bridgehead atoms. The van der Waals surface area contributed by atoms with Crippen LogP contribution in [0.4, 0.5) is 0 Å². The maximum Gasteiger partial charge on any atom is 0.344 e. The van der Waals surface area contributed by atoms with Crippen molar-refractivity contribution >= 4 is 25.6 Å². The Morgan fingerprint density at radius 1 is 1.10 bits per heavy atom. The molecular formula is C20H22O7S2. The van der Waals surface area contributed by atoms with Crippen LogP contribution in [0.5, 0.6) is 5.75 Å². The summed E-state index contributed by atoms with van der Waals surface area (Å²) in [5, 5.41) is -1.24. The van der Waals surface area contributed by atoms with E-state index in [4.69, 9.17) is 9.47 Å². The molecule has 156 valence electrons. The molecule has 7 nitrogen and oxygen atoms in total. The number of hydrogen-bond acceptors (Lipinski definition) is 7. The van der Waals surface area contributed by atoms with E-state index in [0.29, 0.717) is 0 Å². The highest BCUT2D eigenvalue weighted by Gasteiger charge is 2.43. The van der Waals surface area contributed by atoms with Crippen LogP contribution in [0.15, 0.2) is 58.3 Å². The maximum absolute atomic E-state index is 13.0. The fraction of sp³-hybridized carbons (Fsp3) is 0.350. The number of rotatable bonds is 5. The monoisotopic (exact) mass is 438 g/mol. The van der Waals surface area contributed by atoms with Gasteiger partial charge in [0.25, 0.3) is 0 Å². The maximum atomic E-state index is 13.0. The third-order valence-electron chi connectivity index (χ3n) is 4.26. The van der Waals surface area contributed by atoms with E-state index < -0.39 is 42.2 Å². The van der Waals surface area contributed by atoms with Crippen molar-refractivity contribution in [2.24, 2.45) is 0 Å². The van der Waals surface area contributed by atoms with Crippen LogP contribution in [0.3, 0.4) is 0 Å². The highest BCUT2D eigenvalue weighted by molar-refractivity contribution is 7.96. The molecule has 0 radical (unpaired) electrons. The van der Waals surface area contributed by atoms with Gasteiger partial charge in [-0.1, -0.05) is 18.2 Å². The van der Waals surface area contributed by atoms with Gasteiger partial charge in [-0.3, -0.25) is 0 Å². The Balaban J connectivity index is 1.91. The average Bonchev–Trinajstić information content (AvgIpc) is 2.91. The molecule has 29 heavy (non-hydrogen) atoms. The summed E-state index contributed by atoms with van der Waals surface area (Å²) in [5.41, 5.74) is -0.517. The van der Waals surface area contributed by atoms with Crippen molar-refractivity contribution in [1.29, 1.82) is 0 Å². The lowest BCUT2D eigenvalue weighted by atomic mass is 10.1. The Morgan fingerprint density at radius 3 is 2.38 bits per heavy atom. The summed E-state index contributed by atoms with van der Waals surface area (Å²) in [6.45, 7) is 4.80. The minimum Gasteiger partial charge on any atom is -0.482 e. The lowest BCUT2D eigenvalue weighted by Gasteiger charge is -2.19. The van der Waals surface area contributed by atoms with E-state index in [9.17, 15) is 21.6 Å². The number of fused-ring (bicyclic) bond motifs is 1. The molecular weight excluding hydrogens is 416 g/mol. The van der Waals surface area contributed by atoms with Crippen molar-refractivity contribution in [2.45, 2.75) is 41.4 Å². The number of carbonyl (C=O) groups is 1. The first kappa shape index (κ1) is 21.3. The van der Waals surface area contributed by atoms with E-state index in [1.54, 1.807) is 39.0 Å². The number of benzene rings is 2. The zero-order valence-corrected chi connectivity index (χ0v) is 17.9. The molecule has 0 N–H and O–H groups in total. The second kappa shape index (κ2) is 7.46. The van der Waals surface area contributed by atoms with Crippen LogP contribution in [0, 0.1) is 0 Å². The second-order valence-corrected chi connectivity index (χ2v) is 11.8. The van der Waals surface area contributed by atoms with Crippen molar-refractivity contribution in [3.05, 3.63) is 54.1 Å². The molecule has 0 saturated heterocycles. The number of carbonyl (C=O) groups excluding carboxylic acids is 1. The SMILES string of the molecule is CC(C)(C)OC(=O)COc1ccc2c(c1)C(S(=O)(=O)c1ccccc1)CS2(=O)=O. The van der Waals surface area contributed by atoms with Crippen LogP contribution >= 0.6 is 0 Å². The summed E-state index contributed by atoms with van der Waals surface area (Å²) < 4.78 is 61.6. The highest BCUT2D eigenvalue weighted by atomic mass is 32.2. The molecule has 0 amide bonds. The van der Waals surface area contributed by atoms with Gasteiger partial charge in [-0.05, 0) is 56.7 Å². The zero-order chi connectivity index (χ0) is 21.4. The predicted octanol–water partition coefficient (Wildman–Crippen LogP) is 2.71. The topological polar surface area (TPSA) is 104 Å². The third kappa shape index (κ3) is 4.62. The third-order valence-corrected chi connectivity index (χ3v) is 8.38. The summed E-state index contributed by atoms with van der Waals surface area (Å²) in [4.78, 5) is 11.9. The summed E-state index contributed by atoms with van der Waals surface area (Å²) in [5.74, 6) is -0.922. The number of sulfone groups is 2. The number of hydrogen-bond donors (Lipinski definition) is 0. The van der Waals surface area contributed by atoms with Crippen molar-refractivity contribution in [2.75, 3.05) is 12.4 Å². The molecule has 0 aliphatic carbocycles. The standard InChI is InChI=1S/C20H22O7S2/c1-20(2,3)27-19(21)12-26-14-9-10-17-16(11-14)18(13-28(17,22)23)29(24,25)15-7-5-4-6-8-15/h4-11,18H,12-13H2,1-3H3.